The molecule has 2 nitrogen and oxygen atoms in total. The van der Waals surface area contributed by atoms with Crippen LogP contribution in [0, 0.1) is 10.7 Å². The van der Waals surface area contributed by atoms with E-state index in [4.69, 9.17) is 10.00 Å². The Morgan fingerprint density at radius 3 is 2.87 bits per heavy atom. The highest BCUT2D eigenvalue weighted by atomic mass is 32.2. The number of nitrogens with zero attached hydrogens (tertiary/aromatic N) is 1. The minimum atomic E-state index is 0.660. The number of rotatable bonds is 9. The van der Waals surface area contributed by atoms with E-state index in [0.29, 0.717) is 6.61 Å². The Bertz CT molecular complexity index is 230. The second-order valence-electron chi connectivity index (χ2n) is 3.12. The number of hydrogen-bond donors (Lipinski definition) is 0. The maximum absolute atomic E-state index is 8.30. The Morgan fingerprint density at radius 2 is 2.27 bits per heavy atom. The highest BCUT2D eigenvalue weighted by Crippen LogP contribution is 2.04. The van der Waals surface area contributed by atoms with Gasteiger partial charge in [-0.1, -0.05) is 25.2 Å². The minimum absolute atomic E-state index is 0.660. The molecule has 0 N–H and O–H groups in total. The third-order valence-corrected chi connectivity index (χ3v) is 2.62. The summed E-state index contributed by atoms with van der Waals surface area (Å²) < 4.78 is 5.47. The highest BCUT2D eigenvalue weighted by Gasteiger charge is 1.93. The Balaban J connectivity index is 3.18. The molecule has 0 aromatic carbocycles. The SMILES string of the molecule is C=C/C(=C\C)COCCCCCSC#N. The van der Waals surface area contributed by atoms with Crippen LogP contribution in [0.2, 0.25) is 0 Å². The molecule has 0 aliphatic rings. The molecule has 0 aliphatic heterocycles. The molecule has 0 saturated carbocycles. The van der Waals surface area contributed by atoms with Gasteiger partial charge >= 0.3 is 0 Å². The lowest BCUT2D eigenvalue weighted by Gasteiger charge is -2.04. The van der Waals surface area contributed by atoms with Crippen molar-refractivity contribution in [2.45, 2.75) is 26.2 Å². The van der Waals surface area contributed by atoms with Crippen molar-refractivity contribution in [2.24, 2.45) is 0 Å². The average molecular weight is 225 g/mol. The predicted octanol–water partition coefficient (Wildman–Crippen LogP) is 3.52. The summed E-state index contributed by atoms with van der Waals surface area (Å²) in [6, 6.07) is 0. The number of hydrogen-bond acceptors (Lipinski definition) is 3. The highest BCUT2D eigenvalue weighted by molar-refractivity contribution is 8.03. The third-order valence-electron chi connectivity index (χ3n) is 2.00. The topological polar surface area (TPSA) is 33.0 Å². The summed E-state index contributed by atoms with van der Waals surface area (Å²) in [7, 11) is 0. The molecule has 3 heteroatoms. The quantitative estimate of drug-likeness (QED) is 0.342. The number of thiocyanates is 1. The number of thioether (sulfide) groups is 1. The van der Waals surface area contributed by atoms with Crippen molar-refractivity contribution in [2.75, 3.05) is 19.0 Å². The van der Waals surface area contributed by atoms with Gasteiger partial charge in [0.1, 0.15) is 5.40 Å². The predicted molar refractivity (Wildman–Crippen MR) is 66.7 cm³/mol. The van der Waals surface area contributed by atoms with E-state index in [0.717, 1.165) is 37.2 Å². The van der Waals surface area contributed by atoms with Gasteiger partial charge in [0.25, 0.3) is 0 Å². The zero-order valence-corrected chi connectivity index (χ0v) is 10.2. The second-order valence-corrected chi connectivity index (χ2v) is 4.00. The first kappa shape index (κ1) is 14.3. The van der Waals surface area contributed by atoms with Crippen molar-refractivity contribution < 1.29 is 4.74 Å². The van der Waals surface area contributed by atoms with E-state index in [2.05, 4.69) is 12.0 Å². The molecule has 0 aromatic heterocycles. The van der Waals surface area contributed by atoms with Crippen LogP contribution in [0.15, 0.2) is 24.3 Å². The molecule has 0 heterocycles. The van der Waals surface area contributed by atoms with E-state index in [1.807, 2.05) is 19.1 Å². The first-order valence-corrected chi connectivity index (χ1v) is 6.20. The minimum Gasteiger partial charge on any atom is -0.377 e. The summed E-state index contributed by atoms with van der Waals surface area (Å²) in [4.78, 5) is 0. The van der Waals surface area contributed by atoms with E-state index in [1.165, 1.54) is 11.8 Å². The maximum Gasteiger partial charge on any atom is 0.133 e. The molecule has 0 amide bonds. The van der Waals surface area contributed by atoms with Gasteiger partial charge in [-0.05, 0) is 37.1 Å². The van der Waals surface area contributed by atoms with Crippen molar-refractivity contribution in [3.63, 3.8) is 0 Å². The Hall–Kier alpha value is -0.720. The van der Waals surface area contributed by atoms with E-state index in [1.54, 1.807) is 0 Å². The zero-order valence-electron chi connectivity index (χ0n) is 9.37. The lowest BCUT2D eigenvalue weighted by molar-refractivity contribution is 0.153. The monoisotopic (exact) mass is 225 g/mol. The Kier molecular flexibility index (Phi) is 10.8. The van der Waals surface area contributed by atoms with Gasteiger partial charge in [-0.15, -0.1) is 0 Å². The molecule has 0 fully saturated rings. The van der Waals surface area contributed by atoms with Crippen LogP contribution in [0.5, 0.6) is 0 Å². The van der Waals surface area contributed by atoms with Crippen LogP contribution >= 0.6 is 11.8 Å². The molecular weight excluding hydrogens is 206 g/mol. The first-order chi connectivity index (χ1) is 7.35. The summed E-state index contributed by atoms with van der Waals surface area (Å²) in [5.74, 6) is 0.934. The van der Waals surface area contributed by atoms with E-state index < -0.39 is 0 Å². The van der Waals surface area contributed by atoms with E-state index in [-0.39, 0.29) is 0 Å². The molecule has 0 aliphatic carbocycles. The van der Waals surface area contributed by atoms with Crippen LogP contribution in [-0.2, 0) is 4.74 Å². The Morgan fingerprint density at radius 1 is 1.47 bits per heavy atom. The van der Waals surface area contributed by atoms with Crippen molar-refractivity contribution in [3.05, 3.63) is 24.3 Å². The van der Waals surface area contributed by atoms with Crippen molar-refractivity contribution in [3.8, 4) is 5.40 Å². The number of ether oxygens (including phenoxy) is 1. The molecule has 0 bridgehead atoms. The van der Waals surface area contributed by atoms with Crippen LogP contribution < -0.4 is 0 Å². The van der Waals surface area contributed by atoms with Crippen molar-refractivity contribution in [1.29, 1.82) is 5.26 Å². The zero-order chi connectivity index (χ0) is 11.4. The van der Waals surface area contributed by atoms with Crippen molar-refractivity contribution in [1.82, 2.24) is 0 Å². The molecule has 0 spiro atoms. The standard InChI is InChI=1S/C12H19NOS/c1-3-12(4-2)10-14-8-6-5-7-9-15-11-13/h3-4H,1,5-10H2,2H3/b12-4+. The lowest BCUT2D eigenvalue weighted by atomic mass is 10.2. The fourth-order valence-corrected chi connectivity index (χ4v) is 1.49. The number of unbranched alkanes of at least 4 members (excludes halogenated alkanes) is 2. The van der Waals surface area contributed by atoms with Gasteiger partial charge in [0.05, 0.1) is 6.61 Å². The van der Waals surface area contributed by atoms with Gasteiger partial charge in [0.15, 0.2) is 0 Å². The third kappa shape index (κ3) is 9.58. The molecular formula is C12H19NOS. The average Bonchev–Trinajstić information content (AvgIpc) is 2.27. The molecule has 0 radical (unpaired) electrons. The van der Waals surface area contributed by atoms with E-state index in [9.17, 15) is 0 Å². The van der Waals surface area contributed by atoms with E-state index >= 15 is 0 Å². The number of allylic oxidation sites excluding steroid dienone is 1. The van der Waals surface area contributed by atoms with Crippen LogP contribution in [-0.4, -0.2) is 19.0 Å². The summed E-state index contributed by atoms with van der Waals surface area (Å²) in [6.45, 7) is 7.14. The van der Waals surface area contributed by atoms with Gasteiger partial charge in [0.2, 0.25) is 0 Å². The van der Waals surface area contributed by atoms with Gasteiger partial charge in [-0.25, -0.2) is 0 Å². The fraction of sp³-hybridized carbons (Fsp3) is 0.583. The molecule has 0 aromatic rings. The normalized spacial score (nSPS) is 11.1. The summed E-state index contributed by atoms with van der Waals surface area (Å²) in [5, 5.41) is 10.4. The largest absolute Gasteiger partial charge is 0.377 e. The fourth-order valence-electron chi connectivity index (χ4n) is 1.05. The van der Waals surface area contributed by atoms with Crippen LogP contribution in [0.1, 0.15) is 26.2 Å². The van der Waals surface area contributed by atoms with Crippen LogP contribution in [0.3, 0.4) is 0 Å². The molecule has 84 valence electrons. The van der Waals surface area contributed by atoms with Crippen molar-refractivity contribution >= 4 is 11.8 Å². The molecule has 0 atom stereocenters. The maximum atomic E-state index is 8.30. The summed E-state index contributed by atoms with van der Waals surface area (Å²) >= 11 is 1.33. The molecule has 0 unspecified atom stereocenters. The molecule has 0 saturated heterocycles. The molecule has 0 rings (SSSR count). The lowest BCUT2D eigenvalue weighted by Crippen LogP contribution is -1.98. The van der Waals surface area contributed by atoms with Gasteiger partial charge in [-0.3, -0.25) is 0 Å². The Labute approximate surface area is 97.0 Å². The summed E-state index contributed by atoms with van der Waals surface area (Å²) in [5.41, 5.74) is 1.13. The van der Waals surface area contributed by atoms with Crippen LogP contribution in [0.25, 0.3) is 0 Å². The van der Waals surface area contributed by atoms with Gasteiger partial charge in [-0.2, -0.15) is 5.26 Å². The van der Waals surface area contributed by atoms with Crippen LogP contribution in [0.4, 0.5) is 0 Å². The second kappa shape index (κ2) is 11.4. The number of nitriles is 1. The summed E-state index contributed by atoms with van der Waals surface area (Å²) in [6.07, 6.45) is 7.13. The first-order valence-electron chi connectivity index (χ1n) is 5.21. The van der Waals surface area contributed by atoms with Gasteiger partial charge in [0, 0.05) is 12.4 Å². The van der Waals surface area contributed by atoms with Gasteiger partial charge < -0.3 is 4.74 Å². The molecule has 15 heavy (non-hydrogen) atoms. The smallest absolute Gasteiger partial charge is 0.133 e.